The van der Waals surface area contributed by atoms with Crippen molar-refractivity contribution in [3.8, 4) is 11.1 Å². The molecule has 0 heterocycles. The fraction of sp³-hybridized carbons (Fsp3) is 0.514. The molecule has 0 spiro atoms. The standard InChI is InChI=1S/C17H30.C13H9.C5H5.2ClH.Zr/c1-14(16-9-5-3-6-10-16)13-15(2)17-11-7-4-8-12-17;1-3-7-12-10(5-1)9-11-6-2-4-8-13(11)12;1-2-4-5-3-1;;;/h14-17H,3-12H2,1-2H3;1-9H;1-3H,4H2;2*1H;/q;;;;;+2/p-2. The molecule has 0 bridgehead atoms. The number of hydrogen-bond donors (Lipinski definition) is 0. The third-order valence-electron chi connectivity index (χ3n) is 10.2. The third kappa shape index (κ3) is 5.83. The average molecular weight is 627 g/mol. The van der Waals surface area contributed by atoms with Crippen LogP contribution in [0.15, 0.2) is 70.0 Å². The minimum atomic E-state index is -2.30. The minimum absolute atomic E-state index is 0. The van der Waals surface area contributed by atoms with E-state index >= 15 is 0 Å². The molecule has 2 atom stereocenters. The Morgan fingerprint density at radius 1 is 0.684 bits per heavy atom. The number of hydrogen-bond acceptors (Lipinski definition) is 0. The van der Waals surface area contributed by atoms with Crippen LogP contribution in [0.4, 0.5) is 0 Å². The molecule has 0 aliphatic heterocycles. The fourth-order valence-electron chi connectivity index (χ4n) is 8.33. The van der Waals surface area contributed by atoms with E-state index in [0.29, 0.717) is 3.63 Å². The smallest absolute Gasteiger partial charge is 1.00 e. The maximum absolute atomic E-state index is 2.70. The second-order valence-corrected chi connectivity index (χ2v) is 18.6. The molecule has 3 heteroatoms. The largest absolute Gasteiger partial charge is 1.00 e. The number of rotatable bonds is 6. The molecular weight excluding hydrogens is 583 g/mol. The van der Waals surface area contributed by atoms with E-state index < -0.39 is 21.3 Å². The van der Waals surface area contributed by atoms with Gasteiger partial charge in [0.15, 0.2) is 0 Å². The van der Waals surface area contributed by atoms with Crippen LogP contribution in [0.25, 0.3) is 11.1 Å². The Morgan fingerprint density at radius 2 is 1.16 bits per heavy atom. The summed E-state index contributed by atoms with van der Waals surface area (Å²) in [7, 11) is 0. The summed E-state index contributed by atoms with van der Waals surface area (Å²) in [4.78, 5) is 0. The minimum Gasteiger partial charge on any atom is -1.00 e. The average Bonchev–Trinajstić information content (AvgIpc) is 3.59. The first-order valence-corrected chi connectivity index (χ1v) is 18.9. The SMILES string of the molecule is CC([C](C(C)C1CCCCC1)=[Zr+2]([C]1=CC=CC1)[CH]1c2ccccc2-c2ccccc21)C1CCCCC1.[Cl-].[Cl-]. The van der Waals surface area contributed by atoms with Gasteiger partial charge in [-0.15, -0.1) is 0 Å². The second-order valence-electron chi connectivity index (χ2n) is 12.2. The van der Waals surface area contributed by atoms with Gasteiger partial charge in [-0.1, -0.05) is 0 Å². The molecule has 4 aliphatic carbocycles. The van der Waals surface area contributed by atoms with Crippen LogP contribution < -0.4 is 24.8 Å². The Bertz CT molecular complexity index is 1110. The molecule has 0 aromatic heterocycles. The number of halogens is 2. The molecule has 0 N–H and O–H groups in total. The van der Waals surface area contributed by atoms with Crippen LogP contribution in [-0.2, 0) is 21.3 Å². The van der Waals surface area contributed by atoms with E-state index in [-0.39, 0.29) is 24.8 Å². The Kier molecular flexibility index (Phi) is 10.9. The molecule has 4 aliphatic rings. The summed E-state index contributed by atoms with van der Waals surface area (Å²) < 4.78 is 4.63. The molecule has 2 fully saturated rings. The summed E-state index contributed by atoms with van der Waals surface area (Å²) in [5.74, 6) is 3.41. The van der Waals surface area contributed by atoms with Crippen LogP contribution in [0.1, 0.15) is 99.2 Å². The van der Waals surface area contributed by atoms with E-state index in [1.54, 1.807) is 11.1 Å². The van der Waals surface area contributed by atoms with E-state index in [9.17, 15) is 0 Å². The molecule has 0 saturated heterocycles. The third-order valence-corrected chi connectivity index (χ3v) is 19.6. The second kappa shape index (κ2) is 13.7. The van der Waals surface area contributed by atoms with Gasteiger partial charge in [0.05, 0.1) is 0 Å². The van der Waals surface area contributed by atoms with Crippen LogP contribution in [0.2, 0.25) is 0 Å². The molecule has 2 aromatic rings. The first-order chi connectivity index (χ1) is 17.7. The van der Waals surface area contributed by atoms with Crippen molar-refractivity contribution < 1.29 is 46.1 Å². The molecule has 202 valence electrons. The number of fused-ring (bicyclic) bond motifs is 3. The van der Waals surface area contributed by atoms with E-state index in [1.165, 1.54) is 81.8 Å². The van der Waals surface area contributed by atoms with Crippen molar-refractivity contribution in [2.75, 3.05) is 0 Å². The van der Waals surface area contributed by atoms with Gasteiger partial charge in [0.1, 0.15) is 0 Å². The van der Waals surface area contributed by atoms with Gasteiger partial charge in [0, 0.05) is 0 Å². The van der Waals surface area contributed by atoms with Gasteiger partial charge >= 0.3 is 229 Å². The Balaban J connectivity index is 0.00000168. The maximum atomic E-state index is 2.70. The molecule has 2 saturated carbocycles. The van der Waals surface area contributed by atoms with Crippen LogP contribution in [0.3, 0.4) is 0 Å². The Labute approximate surface area is 251 Å². The molecule has 0 amide bonds. The molecule has 2 unspecified atom stereocenters. The monoisotopic (exact) mass is 624 g/mol. The van der Waals surface area contributed by atoms with Crippen LogP contribution in [0, 0.1) is 23.7 Å². The van der Waals surface area contributed by atoms with Gasteiger partial charge in [-0.25, -0.2) is 0 Å². The van der Waals surface area contributed by atoms with Crippen LogP contribution in [-0.4, -0.2) is 3.21 Å². The van der Waals surface area contributed by atoms with Crippen molar-refractivity contribution in [1.82, 2.24) is 0 Å². The van der Waals surface area contributed by atoms with E-state index in [2.05, 4.69) is 83.8 Å². The van der Waals surface area contributed by atoms with E-state index in [1.807, 2.05) is 3.28 Å². The summed E-state index contributed by atoms with van der Waals surface area (Å²) >= 11 is -2.30. The summed E-state index contributed by atoms with van der Waals surface area (Å²) in [5.41, 5.74) is 6.37. The van der Waals surface area contributed by atoms with Gasteiger partial charge in [0.25, 0.3) is 0 Å². The topological polar surface area (TPSA) is 0 Å². The molecule has 6 rings (SSSR count). The number of allylic oxidation sites excluding steroid dienone is 4. The van der Waals surface area contributed by atoms with Crippen molar-refractivity contribution in [1.29, 1.82) is 0 Å². The quantitative estimate of drug-likeness (QED) is 0.458. The normalized spacial score (nSPS) is 20.7. The molecule has 38 heavy (non-hydrogen) atoms. The predicted octanol–water partition coefficient (Wildman–Crippen LogP) is 3.83. The molecular formula is C35H44Cl2Zr. The molecule has 0 radical (unpaired) electrons. The van der Waals surface area contributed by atoms with Gasteiger partial charge in [0.2, 0.25) is 0 Å². The van der Waals surface area contributed by atoms with Crippen molar-refractivity contribution in [2.24, 2.45) is 23.7 Å². The van der Waals surface area contributed by atoms with Crippen LogP contribution in [0.5, 0.6) is 0 Å². The summed E-state index contributed by atoms with van der Waals surface area (Å²) in [6.07, 6.45) is 23.2. The van der Waals surface area contributed by atoms with Gasteiger partial charge in [-0.2, -0.15) is 0 Å². The summed E-state index contributed by atoms with van der Waals surface area (Å²) in [6, 6.07) is 19.0. The predicted molar refractivity (Wildman–Crippen MR) is 152 cm³/mol. The van der Waals surface area contributed by atoms with Crippen molar-refractivity contribution in [3.63, 3.8) is 0 Å². The zero-order valence-electron chi connectivity index (χ0n) is 23.3. The molecule has 0 nitrogen and oxygen atoms in total. The zero-order valence-corrected chi connectivity index (χ0v) is 27.2. The maximum Gasteiger partial charge on any atom is -1.00 e. The number of benzene rings is 2. The van der Waals surface area contributed by atoms with E-state index in [0.717, 1.165) is 23.7 Å². The first-order valence-electron chi connectivity index (χ1n) is 15.0. The van der Waals surface area contributed by atoms with Crippen molar-refractivity contribution >= 4 is 3.21 Å². The fourth-order valence-corrected chi connectivity index (χ4v) is 18.8. The van der Waals surface area contributed by atoms with Crippen molar-refractivity contribution in [2.45, 2.75) is 88.1 Å². The Morgan fingerprint density at radius 3 is 1.61 bits per heavy atom. The zero-order chi connectivity index (χ0) is 24.5. The Hall–Kier alpha value is -0.747. The van der Waals surface area contributed by atoms with Gasteiger partial charge in [-0.05, 0) is 0 Å². The summed E-state index contributed by atoms with van der Waals surface area (Å²) in [6.45, 7) is 5.39. The first kappa shape index (κ1) is 30.2. The summed E-state index contributed by atoms with van der Waals surface area (Å²) in [5, 5.41) is 0. The van der Waals surface area contributed by atoms with Crippen LogP contribution >= 0.6 is 0 Å². The van der Waals surface area contributed by atoms with Gasteiger partial charge in [-0.3, -0.25) is 0 Å². The van der Waals surface area contributed by atoms with Crippen molar-refractivity contribution in [3.05, 3.63) is 81.2 Å². The molecule has 2 aromatic carbocycles. The van der Waals surface area contributed by atoms with Gasteiger partial charge < -0.3 is 24.8 Å². The van der Waals surface area contributed by atoms with E-state index in [4.69, 9.17) is 0 Å².